The van der Waals surface area contributed by atoms with Crippen LogP contribution >= 0.6 is 0 Å². The van der Waals surface area contributed by atoms with Crippen LogP contribution in [0.5, 0.6) is 0 Å². The molecule has 0 saturated heterocycles. The van der Waals surface area contributed by atoms with Gasteiger partial charge in [-0.25, -0.2) is 0 Å². The van der Waals surface area contributed by atoms with E-state index in [1.165, 1.54) is 16.7 Å². The molecule has 0 spiro atoms. The topological polar surface area (TPSA) is 27.7 Å². The third-order valence-electron chi connectivity index (χ3n) is 15.7. The van der Waals surface area contributed by atoms with Crippen molar-refractivity contribution in [3.8, 4) is 0 Å². The zero-order valence-corrected chi connectivity index (χ0v) is 44.9. The van der Waals surface area contributed by atoms with E-state index in [4.69, 9.17) is 14.0 Å². The quantitative estimate of drug-likeness (QED) is 0.0481. The number of hydrogen-bond donors (Lipinski definition) is 0. The van der Waals surface area contributed by atoms with Crippen LogP contribution in [0.15, 0.2) is 273 Å². The van der Waals surface area contributed by atoms with Crippen molar-refractivity contribution in [3.05, 3.63) is 323 Å². The van der Waals surface area contributed by atoms with E-state index >= 15 is 0 Å². The van der Waals surface area contributed by atoms with E-state index < -0.39 is 24.1 Å². The molecule has 0 aliphatic carbocycles. The van der Waals surface area contributed by atoms with Crippen LogP contribution in [-0.4, -0.2) is 7.32 Å². The highest BCUT2D eigenvalue weighted by Crippen LogP contribution is 2.55. The Labute approximate surface area is 455 Å². The van der Waals surface area contributed by atoms with Gasteiger partial charge in [0.05, 0.1) is 0 Å². The molecule has 0 heterocycles. The van der Waals surface area contributed by atoms with Gasteiger partial charge in [0, 0.05) is 17.8 Å². The van der Waals surface area contributed by atoms with Gasteiger partial charge in [0.15, 0.2) is 0 Å². The Morgan fingerprint density at radius 1 is 0.263 bits per heavy atom. The molecule has 384 valence electrons. The largest absolute Gasteiger partial charge is 0.642 e. The van der Waals surface area contributed by atoms with Crippen LogP contribution < -0.4 is 0 Å². The summed E-state index contributed by atoms with van der Waals surface area (Å²) in [6.07, 6.45) is 8.51. The summed E-state index contributed by atoms with van der Waals surface area (Å²) in [7, 11) is -1.35. The van der Waals surface area contributed by atoms with Gasteiger partial charge in [-0.15, -0.1) is 0 Å². The minimum Gasteiger partial charge on any atom is -0.371 e. The van der Waals surface area contributed by atoms with E-state index in [-0.39, 0.29) is 17.8 Å². The van der Waals surface area contributed by atoms with Crippen LogP contribution in [0.25, 0.3) is 0 Å². The Bertz CT molecular complexity index is 2560. The van der Waals surface area contributed by atoms with E-state index in [1.807, 2.05) is 0 Å². The summed E-state index contributed by atoms with van der Waals surface area (Å²) in [5, 5.41) is 0. The first-order valence-corrected chi connectivity index (χ1v) is 28.1. The van der Waals surface area contributed by atoms with Crippen LogP contribution in [0.4, 0.5) is 0 Å². The Kier molecular flexibility index (Phi) is 18.8. The lowest BCUT2D eigenvalue weighted by atomic mass is 9.68. The molecule has 0 aliphatic rings. The molecule has 3 unspecified atom stereocenters. The van der Waals surface area contributed by atoms with Gasteiger partial charge in [0.1, 0.15) is 16.8 Å². The second kappa shape index (κ2) is 26.6. The predicted molar refractivity (Wildman–Crippen MR) is 316 cm³/mol. The summed E-state index contributed by atoms with van der Waals surface area (Å²) in [5.41, 5.74) is 6.20. The van der Waals surface area contributed by atoms with E-state index in [1.54, 1.807) is 0 Å². The Morgan fingerprint density at radius 2 is 0.434 bits per heavy atom. The first-order chi connectivity index (χ1) is 37.6. The van der Waals surface area contributed by atoms with Crippen LogP contribution in [0, 0.1) is 0 Å². The van der Waals surface area contributed by atoms with Gasteiger partial charge in [-0.05, 0) is 69.3 Å². The lowest BCUT2D eigenvalue weighted by molar-refractivity contribution is -0.0891. The Hall–Kier alpha value is -7.08. The van der Waals surface area contributed by atoms with Crippen molar-refractivity contribution >= 4 is 7.32 Å². The van der Waals surface area contributed by atoms with Crippen molar-refractivity contribution in [2.45, 2.75) is 113 Å². The van der Waals surface area contributed by atoms with E-state index in [0.29, 0.717) is 0 Å². The fourth-order valence-electron chi connectivity index (χ4n) is 12.1. The van der Waals surface area contributed by atoms with Gasteiger partial charge in [0.2, 0.25) is 0 Å². The number of hydrogen-bond acceptors (Lipinski definition) is 3. The molecule has 0 fully saturated rings. The molecule has 9 rings (SSSR count). The Balaban J connectivity index is 1.45. The second-order valence-electron chi connectivity index (χ2n) is 20.4. The molecular weight excluding hydrogens is 924 g/mol. The van der Waals surface area contributed by atoms with E-state index in [9.17, 15) is 0 Å². The molecule has 0 saturated carbocycles. The molecule has 0 aliphatic heterocycles. The summed E-state index contributed by atoms with van der Waals surface area (Å²) in [5.74, 6) is -0.559. The van der Waals surface area contributed by atoms with Gasteiger partial charge in [-0.2, -0.15) is 0 Å². The van der Waals surface area contributed by atoms with Gasteiger partial charge >= 0.3 is 7.32 Å². The van der Waals surface area contributed by atoms with E-state index in [0.717, 1.165) is 91.2 Å². The third-order valence-corrected chi connectivity index (χ3v) is 15.7. The average Bonchev–Trinajstić information content (AvgIpc) is 3.59. The Morgan fingerprint density at radius 3 is 0.605 bits per heavy atom. The SMILES string of the molecule is CCCCC(c1ccccc1)C(OB(OC(c1ccccc1)(c1ccccc1)C(CCCC)c1ccccc1)OC(c1ccccc1)(c1ccccc1)C(CCCC)c1ccccc1)(c1ccccc1)c1ccccc1. The van der Waals surface area contributed by atoms with Crippen LogP contribution in [0.1, 0.15) is 146 Å². The zero-order chi connectivity index (χ0) is 52.3. The molecule has 9 aromatic carbocycles. The zero-order valence-electron chi connectivity index (χ0n) is 44.9. The van der Waals surface area contributed by atoms with Crippen molar-refractivity contribution in [2.24, 2.45) is 0 Å². The lowest BCUT2D eigenvalue weighted by Crippen LogP contribution is -2.54. The van der Waals surface area contributed by atoms with Crippen molar-refractivity contribution in [1.82, 2.24) is 0 Å². The van der Waals surface area contributed by atoms with Gasteiger partial charge in [-0.1, -0.05) is 332 Å². The molecule has 76 heavy (non-hydrogen) atoms. The number of benzene rings is 9. The van der Waals surface area contributed by atoms with Crippen molar-refractivity contribution in [1.29, 1.82) is 0 Å². The highest BCUT2D eigenvalue weighted by molar-refractivity contribution is 6.37. The van der Waals surface area contributed by atoms with E-state index in [2.05, 4.69) is 294 Å². The summed E-state index contributed by atoms with van der Waals surface area (Å²) >= 11 is 0. The van der Waals surface area contributed by atoms with Crippen LogP contribution in [0.3, 0.4) is 0 Å². The monoisotopic (exact) mass is 999 g/mol. The summed E-state index contributed by atoms with van der Waals surface area (Å²) in [4.78, 5) is 0. The standard InChI is InChI=1S/C72H75BO3/c1-4-7-55-67(58-37-19-10-20-38-58)70(61-43-25-13-26-44-61,62-45-27-14-28-46-62)74-73(75-71(63-47-29-15-30-48-63,64-49-31-16-32-50-64)68(56-8-5-2)59-39-21-11-22-40-59)76-72(65-51-33-17-34-52-65,66-53-35-18-36-54-66)69(57-9-6-3)60-41-23-12-24-42-60/h10-54,67-69H,4-9,55-57H2,1-3H3. The molecule has 0 amide bonds. The first-order valence-electron chi connectivity index (χ1n) is 28.1. The summed E-state index contributed by atoms with van der Waals surface area (Å²) in [6, 6.07) is 98.5. The highest BCUT2D eigenvalue weighted by atomic mass is 16.8. The van der Waals surface area contributed by atoms with Crippen molar-refractivity contribution in [3.63, 3.8) is 0 Å². The second-order valence-corrected chi connectivity index (χ2v) is 20.4. The van der Waals surface area contributed by atoms with Crippen LogP contribution in [-0.2, 0) is 30.8 Å². The van der Waals surface area contributed by atoms with Crippen molar-refractivity contribution in [2.75, 3.05) is 0 Å². The van der Waals surface area contributed by atoms with Gasteiger partial charge < -0.3 is 14.0 Å². The molecule has 3 atom stereocenters. The molecule has 3 nitrogen and oxygen atoms in total. The minimum absolute atomic E-state index is 0.186. The van der Waals surface area contributed by atoms with Crippen LogP contribution in [0.2, 0.25) is 0 Å². The fraction of sp³-hybridized carbons (Fsp3) is 0.250. The maximum atomic E-state index is 8.66. The van der Waals surface area contributed by atoms with Gasteiger partial charge in [0.25, 0.3) is 0 Å². The summed E-state index contributed by atoms with van der Waals surface area (Å²) < 4.78 is 26.0. The molecule has 0 radical (unpaired) electrons. The molecule has 0 N–H and O–H groups in total. The van der Waals surface area contributed by atoms with Gasteiger partial charge in [-0.3, -0.25) is 0 Å². The fourth-order valence-corrected chi connectivity index (χ4v) is 12.1. The smallest absolute Gasteiger partial charge is 0.371 e. The molecule has 4 heteroatoms. The third kappa shape index (κ3) is 11.7. The number of rotatable bonds is 27. The molecule has 0 bridgehead atoms. The highest BCUT2D eigenvalue weighted by Gasteiger charge is 2.57. The molecular formula is C72H75BO3. The lowest BCUT2D eigenvalue weighted by Gasteiger charge is -2.50. The minimum atomic E-state index is -1.35. The first kappa shape index (κ1) is 53.7. The maximum Gasteiger partial charge on any atom is 0.642 e. The summed E-state index contributed by atoms with van der Waals surface area (Å²) in [6.45, 7) is 6.85. The maximum absolute atomic E-state index is 8.66. The molecule has 9 aromatic rings. The average molecular weight is 999 g/mol. The number of unbranched alkanes of at least 4 members (excludes halogenated alkanes) is 3. The predicted octanol–water partition coefficient (Wildman–Crippen LogP) is 18.8. The van der Waals surface area contributed by atoms with Crippen molar-refractivity contribution < 1.29 is 14.0 Å². The normalized spacial score (nSPS) is 13.1. The molecule has 0 aromatic heterocycles.